The predicted octanol–water partition coefficient (Wildman–Crippen LogP) is 3.43. The van der Waals surface area contributed by atoms with Crippen molar-refractivity contribution in [3.05, 3.63) is 53.2 Å². The highest BCUT2D eigenvalue weighted by atomic mass is 127. The van der Waals surface area contributed by atoms with E-state index in [9.17, 15) is 4.79 Å². The first-order valence-corrected chi connectivity index (χ1v) is 10.1. The Morgan fingerprint density at radius 2 is 2.17 bits per heavy atom. The Balaban J connectivity index is 0.00000320. The molecule has 3 N–H and O–H groups in total. The third-order valence-corrected chi connectivity index (χ3v) is 4.98. The Morgan fingerprint density at radius 1 is 1.33 bits per heavy atom. The van der Waals surface area contributed by atoms with E-state index in [-0.39, 0.29) is 35.9 Å². The molecule has 30 heavy (non-hydrogen) atoms. The van der Waals surface area contributed by atoms with Gasteiger partial charge >= 0.3 is 0 Å². The standard InChI is InChI=1S/C21H27ClN6O.HI/c1-15-6-7-19(25-13-15)27-20(29)8-10-24-21(23-2)26-17-9-11-28(14-17)18-5-3-4-16(22)12-18;/h3-7,12-13,17H,8-11,14H2,1-2H3,(H2,23,24,26)(H,25,27,29);1H. The van der Waals surface area contributed by atoms with Crippen LogP contribution in [0.1, 0.15) is 18.4 Å². The molecule has 0 bridgehead atoms. The van der Waals surface area contributed by atoms with Crippen LogP contribution in [0, 0.1) is 6.92 Å². The molecule has 2 heterocycles. The van der Waals surface area contributed by atoms with E-state index in [0.717, 1.165) is 35.8 Å². The van der Waals surface area contributed by atoms with Crippen molar-refractivity contribution in [2.45, 2.75) is 25.8 Å². The van der Waals surface area contributed by atoms with Gasteiger partial charge in [0.25, 0.3) is 0 Å². The van der Waals surface area contributed by atoms with Gasteiger partial charge in [0.1, 0.15) is 5.82 Å². The van der Waals surface area contributed by atoms with Gasteiger partial charge in [-0.1, -0.05) is 23.7 Å². The van der Waals surface area contributed by atoms with Gasteiger partial charge in [-0.25, -0.2) is 4.98 Å². The fraction of sp³-hybridized carbons (Fsp3) is 0.381. The summed E-state index contributed by atoms with van der Waals surface area (Å²) >= 11 is 6.10. The third-order valence-electron chi connectivity index (χ3n) is 4.75. The lowest BCUT2D eigenvalue weighted by Gasteiger charge is -2.20. The quantitative estimate of drug-likeness (QED) is 0.296. The first-order valence-electron chi connectivity index (χ1n) is 9.73. The zero-order chi connectivity index (χ0) is 20.6. The van der Waals surface area contributed by atoms with Crippen molar-refractivity contribution in [2.24, 2.45) is 4.99 Å². The van der Waals surface area contributed by atoms with E-state index in [0.29, 0.717) is 24.7 Å². The molecule has 1 amide bonds. The largest absolute Gasteiger partial charge is 0.369 e. The van der Waals surface area contributed by atoms with Crippen LogP contribution in [0.2, 0.25) is 5.02 Å². The van der Waals surface area contributed by atoms with Crippen LogP contribution in [-0.4, -0.2) is 49.6 Å². The molecule has 1 atom stereocenters. The summed E-state index contributed by atoms with van der Waals surface area (Å²) in [6.45, 7) is 4.28. The molecule has 1 aliphatic rings. The number of hydrogen-bond donors (Lipinski definition) is 3. The predicted molar refractivity (Wildman–Crippen MR) is 134 cm³/mol. The second kappa shape index (κ2) is 11.9. The first kappa shape index (κ1) is 24.2. The number of aromatic nitrogens is 1. The van der Waals surface area contributed by atoms with Crippen molar-refractivity contribution in [3.8, 4) is 0 Å². The maximum absolute atomic E-state index is 12.1. The minimum atomic E-state index is -0.0858. The summed E-state index contributed by atoms with van der Waals surface area (Å²) < 4.78 is 0. The number of rotatable bonds is 6. The van der Waals surface area contributed by atoms with E-state index in [2.05, 4.69) is 36.9 Å². The fourth-order valence-electron chi connectivity index (χ4n) is 3.21. The Bertz CT molecular complexity index is 861. The number of pyridine rings is 1. The number of halogens is 2. The Kier molecular flexibility index (Phi) is 9.64. The molecule has 0 saturated carbocycles. The van der Waals surface area contributed by atoms with E-state index in [1.54, 1.807) is 19.3 Å². The molecule has 1 aromatic heterocycles. The van der Waals surface area contributed by atoms with Crippen molar-refractivity contribution in [2.75, 3.05) is 36.9 Å². The molecule has 0 radical (unpaired) electrons. The average Bonchev–Trinajstić information content (AvgIpc) is 3.17. The van der Waals surface area contributed by atoms with Gasteiger partial charge < -0.3 is 20.9 Å². The molecule has 0 spiro atoms. The smallest absolute Gasteiger partial charge is 0.227 e. The van der Waals surface area contributed by atoms with E-state index in [1.165, 1.54) is 0 Å². The van der Waals surface area contributed by atoms with Crippen LogP contribution in [0.4, 0.5) is 11.5 Å². The second-order valence-electron chi connectivity index (χ2n) is 7.07. The summed E-state index contributed by atoms with van der Waals surface area (Å²) in [5.74, 6) is 1.18. The van der Waals surface area contributed by atoms with Gasteiger partial charge in [0.15, 0.2) is 5.96 Å². The highest BCUT2D eigenvalue weighted by Crippen LogP contribution is 2.23. The molecule has 3 rings (SSSR count). The van der Waals surface area contributed by atoms with Gasteiger partial charge in [0.2, 0.25) is 5.91 Å². The monoisotopic (exact) mass is 542 g/mol. The van der Waals surface area contributed by atoms with Crippen molar-refractivity contribution in [3.63, 3.8) is 0 Å². The van der Waals surface area contributed by atoms with Crippen LogP contribution in [0.3, 0.4) is 0 Å². The van der Waals surface area contributed by atoms with Crippen LogP contribution in [0.5, 0.6) is 0 Å². The summed E-state index contributed by atoms with van der Waals surface area (Å²) in [4.78, 5) is 22.8. The molecule has 162 valence electrons. The van der Waals surface area contributed by atoms with E-state index in [1.807, 2.05) is 31.2 Å². The molecule has 0 aliphatic carbocycles. The number of aryl methyl sites for hydroxylation is 1. The molecule has 1 aromatic carbocycles. The van der Waals surface area contributed by atoms with Crippen molar-refractivity contribution in [1.29, 1.82) is 0 Å². The molecular weight excluding hydrogens is 515 g/mol. The summed E-state index contributed by atoms with van der Waals surface area (Å²) in [6.07, 6.45) is 3.07. The minimum Gasteiger partial charge on any atom is -0.369 e. The highest BCUT2D eigenvalue weighted by Gasteiger charge is 2.23. The molecule has 1 aliphatic heterocycles. The number of benzene rings is 1. The van der Waals surface area contributed by atoms with Gasteiger partial charge in [0.05, 0.1) is 0 Å². The lowest BCUT2D eigenvalue weighted by molar-refractivity contribution is -0.116. The SMILES string of the molecule is CN=C(NCCC(=O)Nc1ccc(C)cn1)NC1CCN(c2cccc(Cl)c2)C1.I. The van der Waals surface area contributed by atoms with Gasteiger partial charge in [-0.3, -0.25) is 9.79 Å². The van der Waals surface area contributed by atoms with Crippen molar-refractivity contribution >= 4 is 58.9 Å². The van der Waals surface area contributed by atoms with Gasteiger partial charge in [-0.2, -0.15) is 0 Å². The summed E-state index contributed by atoms with van der Waals surface area (Å²) in [6, 6.07) is 11.9. The van der Waals surface area contributed by atoms with Crippen LogP contribution in [-0.2, 0) is 4.79 Å². The van der Waals surface area contributed by atoms with Crippen molar-refractivity contribution in [1.82, 2.24) is 15.6 Å². The number of guanidine groups is 1. The Labute approximate surface area is 199 Å². The molecule has 9 heteroatoms. The van der Waals surface area contributed by atoms with Gasteiger partial charge in [-0.15, -0.1) is 24.0 Å². The normalized spacial score (nSPS) is 16.0. The van der Waals surface area contributed by atoms with Gasteiger partial charge in [0, 0.05) is 56.1 Å². The highest BCUT2D eigenvalue weighted by molar-refractivity contribution is 14.0. The number of anilines is 2. The second-order valence-corrected chi connectivity index (χ2v) is 7.51. The maximum atomic E-state index is 12.1. The number of carbonyl (C=O) groups excluding carboxylic acids is 1. The van der Waals surface area contributed by atoms with Crippen LogP contribution in [0.15, 0.2) is 47.6 Å². The minimum absolute atomic E-state index is 0. The molecule has 7 nitrogen and oxygen atoms in total. The first-order chi connectivity index (χ1) is 14.0. The average molecular weight is 543 g/mol. The number of nitrogens with zero attached hydrogens (tertiary/aromatic N) is 3. The maximum Gasteiger partial charge on any atom is 0.227 e. The Hall–Kier alpha value is -2.07. The van der Waals surface area contributed by atoms with Crippen LogP contribution in [0.25, 0.3) is 0 Å². The number of amides is 1. The zero-order valence-electron chi connectivity index (χ0n) is 17.2. The molecular formula is C21H28ClIN6O. The van der Waals surface area contributed by atoms with E-state index < -0.39 is 0 Å². The van der Waals surface area contributed by atoms with Crippen LogP contribution >= 0.6 is 35.6 Å². The lowest BCUT2D eigenvalue weighted by Crippen LogP contribution is -2.45. The topological polar surface area (TPSA) is 81.6 Å². The van der Waals surface area contributed by atoms with E-state index in [4.69, 9.17) is 11.6 Å². The van der Waals surface area contributed by atoms with E-state index >= 15 is 0 Å². The van der Waals surface area contributed by atoms with Crippen molar-refractivity contribution < 1.29 is 4.79 Å². The molecule has 2 aromatic rings. The number of aliphatic imine (C=N–C) groups is 1. The molecule has 1 saturated heterocycles. The van der Waals surface area contributed by atoms with Gasteiger partial charge in [-0.05, 0) is 43.2 Å². The third kappa shape index (κ3) is 7.32. The summed E-state index contributed by atoms with van der Waals surface area (Å²) in [5, 5.41) is 10.2. The molecule has 1 unspecified atom stereocenters. The fourth-order valence-corrected chi connectivity index (χ4v) is 3.40. The number of nitrogens with one attached hydrogen (secondary N) is 3. The Morgan fingerprint density at radius 3 is 2.87 bits per heavy atom. The zero-order valence-corrected chi connectivity index (χ0v) is 20.3. The number of carbonyl (C=O) groups is 1. The summed E-state index contributed by atoms with van der Waals surface area (Å²) in [7, 11) is 1.73. The van der Waals surface area contributed by atoms with Crippen LogP contribution < -0.4 is 20.9 Å². The lowest BCUT2D eigenvalue weighted by atomic mass is 10.2. The molecule has 1 fully saturated rings. The number of hydrogen-bond acceptors (Lipinski definition) is 4. The summed E-state index contributed by atoms with van der Waals surface area (Å²) in [5.41, 5.74) is 2.19.